The monoisotopic (exact) mass is 383 g/mol. The fourth-order valence-electron chi connectivity index (χ4n) is 4.46. The molecule has 5 rings (SSSR count). The van der Waals surface area contributed by atoms with Gasteiger partial charge in [0.1, 0.15) is 0 Å². The smallest absolute Gasteiger partial charge is 0.269 e. The molecule has 0 amide bonds. The van der Waals surface area contributed by atoms with Gasteiger partial charge in [-0.1, -0.05) is 48.5 Å². The Hall–Kier alpha value is -3.60. The molecule has 1 aliphatic rings. The Balaban J connectivity index is 1.53. The van der Waals surface area contributed by atoms with E-state index < -0.39 is 0 Å². The average molecular weight is 383 g/mol. The number of anilines is 1. The van der Waals surface area contributed by atoms with Crippen LogP contribution in [-0.2, 0) is 6.42 Å². The van der Waals surface area contributed by atoms with E-state index in [0.29, 0.717) is 5.92 Å². The van der Waals surface area contributed by atoms with Gasteiger partial charge in [0.2, 0.25) is 0 Å². The number of hydrogen-bond donors (Lipinski definition) is 2. The number of para-hydroxylation sites is 1. The number of H-pyrrole nitrogens is 1. The van der Waals surface area contributed by atoms with Crippen LogP contribution in [-0.4, -0.2) is 9.91 Å². The van der Waals surface area contributed by atoms with Crippen LogP contribution in [0.4, 0.5) is 11.4 Å². The Morgan fingerprint density at radius 3 is 2.41 bits per heavy atom. The topological polar surface area (TPSA) is 71.0 Å². The molecular formula is C24H21N3O2. The van der Waals surface area contributed by atoms with E-state index >= 15 is 0 Å². The highest BCUT2D eigenvalue weighted by molar-refractivity contribution is 5.85. The summed E-state index contributed by atoms with van der Waals surface area (Å²) in [7, 11) is 0. The molecule has 2 N–H and O–H groups in total. The number of non-ortho nitro benzene ring substituents is 1. The first-order chi connectivity index (χ1) is 14.2. The van der Waals surface area contributed by atoms with Crippen molar-refractivity contribution in [3.63, 3.8) is 0 Å². The summed E-state index contributed by atoms with van der Waals surface area (Å²) in [6.45, 7) is 0. The van der Waals surface area contributed by atoms with Gasteiger partial charge in [0.05, 0.1) is 11.0 Å². The fourth-order valence-corrected chi connectivity index (χ4v) is 4.46. The van der Waals surface area contributed by atoms with Crippen LogP contribution < -0.4 is 5.32 Å². The lowest BCUT2D eigenvalue weighted by Gasteiger charge is -2.31. The number of nitro groups is 1. The maximum atomic E-state index is 10.9. The molecule has 0 radical (unpaired) electrons. The van der Waals surface area contributed by atoms with Crippen LogP contribution >= 0.6 is 0 Å². The Morgan fingerprint density at radius 1 is 0.931 bits per heavy atom. The van der Waals surface area contributed by atoms with Gasteiger partial charge in [-0.2, -0.15) is 0 Å². The summed E-state index contributed by atoms with van der Waals surface area (Å²) in [4.78, 5) is 14.2. The summed E-state index contributed by atoms with van der Waals surface area (Å²) in [5.41, 5.74) is 6.07. The predicted molar refractivity (Wildman–Crippen MR) is 115 cm³/mol. The van der Waals surface area contributed by atoms with Crippen molar-refractivity contribution in [1.82, 2.24) is 4.98 Å². The van der Waals surface area contributed by atoms with Gasteiger partial charge >= 0.3 is 0 Å². The van der Waals surface area contributed by atoms with Crippen LogP contribution in [0.2, 0.25) is 0 Å². The van der Waals surface area contributed by atoms with Crippen molar-refractivity contribution in [3.8, 4) is 0 Å². The third-order valence-electron chi connectivity index (χ3n) is 5.86. The van der Waals surface area contributed by atoms with Gasteiger partial charge in [-0.3, -0.25) is 10.1 Å². The number of hydrogen-bond acceptors (Lipinski definition) is 3. The minimum Gasteiger partial charge on any atom is -0.377 e. The van der Waals surface area contributed by atoms with Crippen LogP contribution in [0.15, 0.2) is 78.9 Å². The van der Waals surface area contributed by atoms with Crippen molar-refractivity contribution in [1.29, 1.82) is 0 Å². The highest BCUT2D eigenvalue weighted by Crippen LogP contribution is 2.42. The zero-order valence-electron chi connectivity index (χ0n) is 15.8. The zero-order chi connectivity index (χ0) is 19.8. The zero-order valence-corrected chi connectivity index (χ0v) is 15.8. The highest BCUT2D eigenvalue weighted by atomic mass is 16.6. The molecule has 29 heavy (non-hydrogen) atoms. The summed E-state index contributed by atoms with van der Waals surface area (Å²) >= 11 is 0. The van der Waals surface area contributed by atoms with E-state index in [4.69, 9.17) is 0 Å². The average Bonchev–Trinajstić information content (AvgIpc) is 3.14. The molecule has 2 unspecified atom stereocenters. The van der Waals surface area contributed by atoms with Crippen LogP contribution in [0.25, 0.3) is 10.9 Å². The number of nitro benzene ring substituents is 1. The van der Waals surface area contributed by atoms with Crippen LogP contribution in [0, 0.1) is 10.1 Å². The molecule has 0 spiro atoms. The Labute approximate surface area is 168 Å². The number of aromatic amines is 1. The van der Waals surface area contributed by atoms with Gasteiger partial charge < -0.3 is 10.3 Å². The van der Waals surface area contributed by atoms with Crippen LogP contribution in [0.5, 0.6) is 0 Å². The summed E-state index contributed by atoms with van der Waals surface area (Å²) in [6, 6.07) is 25.9. The first-order valence-corrected chi connectivity index (χ1v) is 9.84. The van der Waals surface area contributed by atoms with Gasteiger partial charge in [0, 0.05) is 34.4 Å². The number of nitrogens with one attached hydrogen (secondary N) is 2. The maximum Gasteiger partial charge on any atom is 0.269 e. The minimum atomic E-state index is -0.369. The lowest BCUT2D eigenvalue weighted by molar-refractivity contribution is -0.384. The standard InChI is InChI=1S/C24H21N3O2/c28-27(29)19-12-10-18(11-13-19)25-23-15-17(16-6-2-1-3-7-16)14-21-20-8-4-5-9-22(20)26-24(21)23/h1-13,17,23,25-26H,14-15H2. The summed E-state index contributed by atoms with van der Waals surface area (Å²) in [5, 5.41) is 15.8. The molecule has 1 aliphatic carbocycles. The Bertz CT molecular complexity index is 1170. The van der Waals surface area contributed by atoms with Gasteiger partial charge in [-0.25, -0.2) is 0 Å². The lowest BCUT2D eigenvalue weighted by Crippen LogP contribution is -2.22. The second-order valence-electron chi connectivity index (χ2n) is 7.61. The minimum absolute atomic E-state index is 0.104. The number of aromatic nitrogens is 1. The third-order valence-corrected chi connectivity index (χ3v) is 5.86. The number of rotatable bonds is 4. The highest BCUT2D eigenvalue weighted by Gasteiger charge is 2.31. The van der Waals surface area contributed by atoms with Gasteiger partial charge in [-0.05, 0) is 48.1 Å². The molecule has 0 bridgehead atoms. The van der Waals surface area contributed by atoms with Gasteiger partial charge in [0.25, 0.3) is 5.69 Å². The van der Waals surface area contributed by atoms with Crippen molar-refractivity contribution in [2.45, 2.75) is 24.8 Å². The SMILES string of the molecule is O=[N+]([O-])c1ccc(NC2CC(c3ccccc3)Cc3c2[nH]c2ccccc32)cc1. The van der Waals surface area contributed by atoms with Crippen molar-refractivity contribution in [2.24, 2.45) is 0 Å². The molecule has 2 atom stereocenters. The van der Waals surface area contributed by atoms with Crippen molar-refractivity contribution < 1.29 is 4.92 Å². The Kier molecular flexibility index (Phi) is 4.28. The van der Waals surface area contributed by atoms with E-state index in [1.807, 2.05) is 0 Å². The first kappa shape index (κ1) is 17.5. The van der Waals surface area contributed by atoms with E-state index in [1.54, 1.807) is 24.3 Å². The second-order valence-corrected chi connectivity index (χ2v) is 7.61. The van der Waals surface area contributed by atoms with Crippen LogP contribution in [0.3, 0.4) is 0 Å². The molecule has 1 heterocycles. The molecule has 0 aliphatic heterocycles. The molecule has 144 valence electrons. The molecule has 3 aromatic carbocycles. The molecule has 0 fully saturated rings. The molecule has 0 saturated carbocycles. The summed E-state index contributed by atoms with van der Waals surface area (Å²) < 4.78 is 0. The van der Waals surface area contributed by atoms with Gasteiger partial charge in [0.15, 0.2) is 0 Å². The summed E-state index contributed by atoms with van der Waals surface area (Å²) in [5.74, 6) is 0.415. The van der Waals surface area contributed by atoms with E-state index in [2.05, 4.69) is 64.9 Å². The normalized spacial score (nSPS) is 18.3. The van der Waals surface area contributed by atoms with Crippen molar-refractivity contribution >= 4 is 22.3 Å². The third kappa shape index (κ3) is 3.25. The van der Waals surface area contributed by atoms with Gasteiger partial charge in [-0.15, -0.1) is 0 Å². The van der Waals surface area contributed by atoms with E-state index in [0.717, 1.165) is 24.0 Å². The van der Waals surface area contributed by atoms with E-state index in [1.165, 1.54) is 22.2 Å². The molecule has 5 heteroatoms. The Morgan fingerprint density at radius 2 is 1.66 bits per heavy atom. The van der Waals surface area contributed by atoms with E-state index in [-0.39, 0.29) is 16.7 Å². The number of benzene rings is 3. The molecule has 1 aromatic heterocycles. The fraction of sp³-hybridized carbons (Fsp3) is 0.167. The number of nitrogens with zero attached hydrogens (tertiary/aromatic N) is 1. The second kappa shape index (κ2) is 7.09. The summed E-state index contributed by atoms with van der Waals surface area (Å²) in [6.07, 6.45) is 1.96. The van der Waals surface area contributed by atoms with Crippen LogP contribution in [0.1, 0.15) is 35.2 Å². The largest absolute Gasteiger partial charge is 0.377 e. The quantitative estimate of drug-likeness (QED) is 0.337. The van der Waals surface area contributed by atoms with Crippen molar-refractivity contribution in [2.75, 3.05) is 5.32 Å². The molecular weight excluding hydrogens is 362 g/mol. The predicted octanol–water partition coefficient (Wildman–Crippen LogP) is 5.96. The first-order valence-electron chi connectivity index (χ1n) is 9.84. The number of fused-ring (bicyclic) bond motifs is 3. The molecule has 0 saturated heterocycles. The molecule has 5 nitrogen and oxygen atoms in total. The van der Waals surface area contributed by atoms with Crippen molar-refractivity contribution in [3.05, 3.63) is 106 Å². The molecule has 4 aromatic rings. The van der Waals surface area contributed by atoms with E-state index in [9.17, 15) is 10.1 Å². The maximum absolute atomic E-state index is 10.9. The lowest BCUT2D eigenvalue weighted by atomic mass is 9.79.